The predicted octanol–water partition coefficient (Wildman–Crippen LogP) is 4.70. The molecule has 0 aromatic heterocycles. The number of hydrogen-bond donors (Lipinski definition) is 0. The van der Waals surface area contributed by atoms with Crippen molar-refractivity contribution in [3.8, 4) is 0 Å². The van der Waals surface area contributed by atoms with E-state index in [4.69, 9.17) is 23.2 Å². The molecule has 0 bridgehead atoms. The molecular formula is C10H18Cl2S. The van der Waals surface area contributed by atoms with E-state index in [0.29, 0.717) is 0 Å². The zero-order valence-corrected chi connectivity index (χ0v) is 11.5. The lowest BCUT2D eigenvalue weighted by molar-refractivity contribution is 0.289. The number of rotatable bonds is 0. The molecule has 0 saturated carbocycles. The van der Waals surface area contributed by atoms with Gasteiger partial charge in [-0.25, -0.2) is 0 Å². The highest BCUT2D eigenvalue weighted by molar-refractivity contribution is 8.12. The second kappa shape index (κ2) is 2.74. The first-order valence-electron chi connectivity index (χ1n) is 4.54. The van der Waals surface area contributed by atoms with Crippen molar-refractivity contribution in [1.29, 1.82) is 0 Å². The molecule has 0 amide bonds. The minimum Gasteiger partial charge on any atom is -0.109 e. The molecule has 1 aliphatic rings. The van der Waals surface area contributed by atoms with Gasteiger partial charge in [-0.1, -0.05) is 41.5 Å². The molecule has 1 aliphatic heterocycles. The predicted molar refractivity (Wildman–Crippen MR) is 63.7 cm³/mol. The van der Waals surface area contributed by atoms with Crippen molar-refractivity contribution < 1.29 is 0 Å². The van der Waals surface area contributed by atoms with Crippen LogP contribution in [-0.4, -0.2) is 8.41 Å². The molecule has 0 unspecified atom stereocenters. The SMILES string of the molecule is CC(C)(C)[C@@]1(Cl)S[C@]1(Cl)C(C)(C)C. The summed E-state index contributed by atoms with van der Waals surface area (Å²) >= 11 is 14.8. The largest absolute Gasteiger partial charge is 0.125 e. The molecule has 1 saturated heterocycles. The summed E-state index contributed by atoms with van der Waals surface area (Å²) in [6, 6.07) is 0. The van der Waals surface area contributed by atoms with Gasteiger partial charge < -0.3 is 0 Å². The molecule has 3 heteroatoms. The van der Waals surface area contributed by atoms with Crippen molar-refractivity contribution in [2.45, 2.75) is 50.0 Å². The van der Waals surface area contributed by atoms with Crippen LogP contribution in [0.2, 0.25) is 0 Å². The Bertz CT molecular complexity index is 202. The van der Waals surface area contributed by atoms with Crippen molar-refractivity contribution in [3.05, 3.63) is 0 Å². The van der Waals surface area contributed by atoms with E-state index in [1.165, 1.54) is 0 Å². The molecule has 0 nitrogen and oxygen atoms in total. The first-order chi connectivity index (χ1) is 5.46. The fraction of sp³-hybridized carbons (Fsp3) is 1.00. The van der Waals surface area contributed by atoms with Gasteiger partial charge in [-0.2, -0.15) is 0 Å². The van der Waals surface area contributed by atoms with Crippen LogP contribution in [0.25, 0.3) is 0 Å². The summed E-state index contributed by atoms with van der Waals surface area (Å²) in [5.74, 6) is 0. The molecule has 0 aliphatic carbocycles. The Morgan fingerprint density at radius 3 is 1.08 bits per heavy atom. The van der Waals surface area contributed by atoms with Gasteiger partial charge in [0.25, 0.3) is 0 Å². The molecule has 2 atom stereocenters. The highest BCUT2D eigenvalue weighted by atomic mass is 35.5. The Hall–Kier alpha value is 0.930. The van der Waals surface area contributed by atoms with Crippen LogP contribution >= 0.6 is 35.0 Å². The molecule has 0 spiro atoms. The maximum absolute atomic E-state index is 6.54. The van der Waals surface area contributed by atoms with E-state index in [1.807, 2.05) is 0 Å². The van der Waals surface area contributed by atoms with E-state index < -0.39 is 0 Å². The van der Waals surface area contributed by atoms with Gasteiger partial charge in [-0.05, 0) is 10.8 Å². The zero-order valence-electron chi connectivity index (χ0n) is 9.16. The Morgan fingerprint density at radius 2 is 1.00 bits per heavy atom. The average molecular weight is 241 g/mol. The van der Waals surface area contributed by atoms with E-state index >= 15 is 0 Å². The van der Waals surface area contributed by atoms with Crippen LogP contribution in [-0.2, 0) is 0 Å². The molecule has 0 radical (unpaired) electrons. The van der Waals surface area contributed by atoms with Gasteiger partial charge in [0, 0.05) is 0 Å². The topological polar surface area (TPSA) is 0 Å². The third kappa shape index (κ3) is 1.52. The number of thioether (sulfide) groups is 1. The van der Waals surface area contributed by atoms with E-state index in [0.717, 1.165) is 0 Å². The van der Waals surface area contributed by atoms with Crippen LogP contribution < -0.4 is 0 Å². The second-order valence-electron chi connectivity index (χ2n) is 5.79. The smallest absolute Gasteiger partial charge is 0.109 e. The van der Waals surface area contributed by atoms with Gasteiger partial charge >= 0.3 is 0 Å². The number of halogens is 2. The minimum atomic E-state index is -0.320. The normalized spacial score (nSPS) is 40.6. The lowest BCUT2D eigenvalue weighted by atomic mass is 9.80. The van der Waals surface area contributed by atoms with Gasteiger partial charge in [0.15, 0.2) is 0 Å². The highest BCUT2D eigenvalue weighted by Gasteiger charge is 2.76. The maximum Gasteiger partial charge on any atom is 0.125 e. The van der Waals surface area contributed by atoms with Crippen LogP contribution in [0.1, 0.15) is 41.5 Å². The van der Waals surface area contributed by atoms with Crippen LogP contribution in [0.15, 0.2) is 0 Å². The van der Waals surface area contributed by atoms with Crippen LogP contribution in [0.4, 0.5) is 0 Å². The second-order valence-corrected chi connectivity index (χ2v) is 8.80. The summed E-state index contributed by atoms with van der Waals surface area (Å²) in [4.78, 5) is 0. The van der Waals surface area contributed by atoms with Crippen LogP contribution in [0, 0.1) is 10.8 Å². The fourth-order valence-electron chi connectivity index (χ4n) is 1.44. The van der Waals surface area contributed by atoms with Crippen molar-refractivity contribution in [3.63, 3.8) is 0 Å². The number of alkyl halides is 2. The molecule has 1 fully saturated rings. The lowest BCUT2D eigenvalue weighted by Gasteiger charge is -2.33. The molecule has 13 heavy (non-hydrogen) atoms. The molecular weight excluding hydrogens is 223 g/mol. The van der Waals surface area contributed by atoms with Gasteiger partial charge in [-0.3, -0.25) is 0 Å². The minimum absolute atomic E-state index is 0.0360. The summed E-state index contributed by atoms with van der Waals surface area (Å²) < 4.78 is -0.639. The highest BCUT2D eigenvalue weighted by Crippen LogP contribution is 2.80. The lowest BCUT2D eigenvalue weighted by Crippen LogP contribution is -2.37. The van der Waals surface area contributed by atoms with Crippen molar-refractivity contribution >= 4 is 35.0 Å². The molecule has 1 rings (SSSR count). The Morgan fingerprint density at radius 1 is 0.769 bits per heavy atom. The van der Waals surface area contributed by atoms with E-state index in [2.05, 4.69) is 41.5 Å². The third-order valence-corrected chi connectivity index (χ3v) is 7.26. The Balaban J connectivity index is 2.95. The summed E-state index contributed by atoms with van der Waals surface area (Å²) in [6.07, 6.45) is 0. The summed E-state index contributed by atoms with van der Waals surface area (Å²) in [5, 5.41) is 0. The number of hydrogen-bond acceptors (Lipinski definition) is 1. The molecule has 78 valence electrons. The van der Waals surface area contributed by atoms with E-state index in [1.54, 1.807) is 11.8 Å². The van der Waals surface area contributed by atoms with Crippen LogP contribution in [0.5, 0.6) is 0 Å². The summed E-state index contributed by atoms with van der Waals surface area (Å²) in [6.45, 7) is 12.9. The van der Waals surface area contributed by atoms with Gasteiger partial charge in [0.2, 0.25) is 0 Å². The summed E-state index contributed by atoms with van der Waals surface area (Å²) in [5.41, 5.74) is 0.0719. The molecule has 0 aromatic carbocycles. The van der Waals surface area contributed by atoms with Gasteiger partial charge in [0.05, 0.1) is 0 Å². The maximum atomic E-state index is 6.54. The standard InChI is InChI=1S/C10H18Cl2S/c1-7(2,3)9(11)10(12,13-9)8(4,5)6/h1-6H3/t9-,10-/m1/s1. The average Bonchev–Trinajstić information content (AvgIpc) is 2.34. The first kappa shape index (κ1) is 12.0. The van der Waals surface area contributed by atoms with E-state index in [-0.39, 0.29) is 19.2 Å². The Kier molecular flexibility index (Phi) is 2.53. The molecule has 1 heterocycles. The zero-order chi connectivity index (χ0) is 10.7. The van der Waals surface area contributed by atoms with Crippen molar-refractivity contribution in [2.75, 3.05) is 0 Å². The van der Waals surface area contributed by atoms with E-state index in [9.17, 15) is 0 Å². The van der Waals surface area contributed by atoms with Crippen LogP contribution in [0.3, 0.4) is 0 Å². The Labute approximate surface area is 95.7 Å². The molecule has 0 aromatic rings. The van der Waals surface area contributed by atoms with Crippen molar-refractivity contribution in [2.24, 2.45) is 10.8 Å². The van der Waals surface area contributed by atoms with Crippen molar-refractivity contribution in [1.82, 2.24) is 0 Å². The van der Waals surface area contributed by atoms with Gasteiger partial charge in [0.1, 0.15) is 8.41 Å². The van der Waals surface area contributed by atoms with Gasteiger partial charge in [-0.15, -0.1) is 35.0 Å². The first-order valence-corrected chi connectivity index (χ1v) is 6.11. The monoisotopic (exact) mass is 240 g/mol. The quantitative estimate of drug-likeness (QED) is 0.437. The summed E-state index contributed by atoms with van der Waals surface area (Å²) in [7, 11) is 0. The molecule has 0 N–H and O–H groups in total. The fourth-order valence-corrected chi connectivity index (χ4v) is 4.38. The third-order valence-electron chi connectivity index (χ3n) is 2.58.